The van der Waals surface area contributed by atoms with Gasteiger partial charge >= 0.3 is 77.8 Å². The molecule has 0 saturated carbocycles. The van der Waals surface area contributed by atoms with Crippen LogP contribution in [0.4, 0.5) is 0 Å². The van der Waals surface area contributed by atoms with Gasteiger partial charge in [0.2, 0.25) is 0 Å². The quantitative estimate of drug-likeness (QED) is 0.687. The van der Waals surface area contributed by atoms with Crippen molar-refractivity contribution in [3.63, 3.8) is 0 Å². The van der Waals surface area contributed by atoms with E-state index < -0.39 is 23.3 Å². The van der Waals surface area contributed by atoms with Crippen LogP contribution in [0.5, 0.6) is 0 Å². The molecule has 0 saturated heterocycles. The van der Waals surface area contributed by atoms with Crippen molar-refractivity contribution in [3.8, 4) is 0 Å². The van der Waals surface area contributed by atoms with Crippen LogP contribution >= 0.6 is 8.25 Å². The minimum atomic E-state index is -1.13. The van der Waals surface area contributed by atoms with Gasteiger partial charge in [-0.2, -0.15) is 0 Å². The Morgan fingerprint density at radius 1 is 1.20 bits per heavy atom. The summed E-state index contributed by atoms with van der Waals surface area (Å²) in [7, 11) is 5.87. The molecule has 0 nitrogen and oxygen atoms in total. The van der Waals surface area contributed by atoms with E-state index >= 15 is 0 Å². The first-order valence-corrected chi connectivity index (χ1v) is 12.9. The minimum absolute atomic E-state index is 1.13. The molecular formula is C8H9ClHg. The Balaban J connectivity index is 3.04. The number of rotatable bonds is 1. The van der Waals surface area contributed by atoms with Gasteiger partial charge in [0.05, 0.1) is 0 Å². The predicted octanol–water partition coefficient (Wildman–Crippen LogP) is 2.17. The van der Waals surface area contributed by atoms with Gasteiger partial charge in [-0.25, -0.2) is 0 Å². The second-order valence-electron chi connectivity index (χ2n) is 2.55. The second kappa shape index (κ2) is 3.73. The van der Waals surface area contributed by atoms with Crippen molar-refractivity contribution < 1.29 is 23.3 Å². The standard InChI is InChI=1S/C8H9.ClH.Hg/c1-7-5-3-4-6-8(7)2;;/h3,5-6H,1-2H3;1H;/q;;+1/p-1. The Hall–Kier alpha value is 0.445. The van der Waals surface area contributed by atoms with Crippen molar-refractivity contribution in [2.45, 2.75) is 13.8 Å². The van der Waals surface area contributed by atoms with Crippen LogP contribution in [0.25, 0.3) is 0 Å². The van der Waals surface area contributed by atoms with Crippen LogP contribution in [0.15, 0.2) is 18.2 Å². The number of hydrogen-bond acceptors (Lipinski definition) is 0. The fourth-order valence-corrected chi connectivity index (χ4v) is 4.64. The van der Waals surface area contributed by atoms with Crippen LogP contribution in [0, 0.1) is 13.8 Å². The van der Waals surface area contributed by atoms with Crippen LogP contribution in [0.1, 0.15) is 11.1 Å². The van der Waals surface area contributed by atoms with Crippen molar-refractivity contribution in [2.24, 2.45) is 0 Å². The molecule has 0 atom stereocenters. The Kier molecular flexibility index (Phi) is 3.18. The third kappa shape index (κ3) is 1.96. The van der Waals surface area contributed by atoms with E-state index in [0.717, 1.165) is 0 Å². The Labute approximate surface area is 77.5 Å². The van der Waals surface area contributed by atoms with E-state index in [4.69, 9.17) is 8.25 Å². The van der Waals surface area contributed by atoms with Crippen molar-refractivity contribution in [3.05, 3.63) is 29.3 Å². The first-order chi connectivity index (χ1) is 4.74. The van der Waals surface area contributed by atoms with E-state index in [-0.39, 0.29) is 0 Å². The molecule has 50 valence electrons. The summed E-state index contributed by atoms with van der Waals surface area (Å²) in [4.78, 5) is 0. The average Bonchev–Trinajstić information content (AvgIpc) is 1.95. The maximum atomic E-state index is 5.87. The molecule has 0 fully saturated rings. The molecule has 0 aliphatic rings. The zero-order chi connectivity index (χ0) is 7.56. The van der Waals surface area contributed by atoms with Gasteiger partial charge < -0.3 is 0 Å². The molecule has 0 aromatic heterocycles. The van der Waals surface area contributed by atoms with Gasteiger partial charge in [0.1, 0.15) is 0 Å². The van der Waals surface area contributed by atoms with E-state index in [2.05, 4.69) is 32.0 Å². The van der Waals surface area contributed by atoms with Crippen molar-refractivity contribution in [1.82, 2.24) is 0 Å². The summed E-state index contributed by atoms with van der Waals surface area (Å²) in [5, 5.41) is 0. The number of hydrogen-bond donors (Lipinski definition) is 0. The van der Waals surface area contributed by atoms with E-state index in [9.17, 15) is 0 Å². The molecule has 0 unspecified atom stereocenters. The van der Waals surface area contributed by atoms with Gasteiger partial charge in [-0.3, -0.25) is 0 Å². The van der Waals surface area contributed by atoms with Gasteiger partial charge in [-0.05, 0) is 0 Å². The molecule has 1 rings (SSSR count). The van der Waals surface area contributed by atoms with Crippen molar-refractivity contribution in [2.75, 3.05) is 0 Å². The molecule has 1 aromatic carbocycles. The summed E-state index contributed by atoms with van der Waals surface area (Å²) in [6.45, 7) is 4.27. The topological polar surface area (TPSA) is 0 Å². The first-order valence-electron chi connectivity index (χ1n) is 3.36. The van der Waals surface area contributed by atoms with Gasteiger partial charge in [-0.1, -0.05) is 0 Å². The molecule has 0 aliphatic carbocycles. The second-order valence-corrected chi connectivity index (χ2v) is 9.11. The monoisotopic (exact) mass is 342 g/mol. The van der Waals surface area contributed by atoms with Gasteiger partial charge in [-0.15, -0.1) is 0 Å². The van der Waals surface area contributed by atoms with Crippen LogP contribution in [-0.2, 0) is 23.3 Å². The number of aryl methyl sites for hydroxylation is 2. The summed E-state index contributed by atoms with van der Waals surface area (Å²) in [5.74, 6) is 0. The molecule has 10 heavy (non-hydrogen) atoms. The van der Waals surface area contributed by atoms with Gasteiger partial charge in [0.15, 0.2) is 0 Å². The summed E-state index contributed by atoms with van der Waals surface area (Å²) in [6.07, 6.45) is 0. The Bertz CT molecular complexity index is 233. The summed E-state index contributed by atoms with van der Waals surface area (Å²) in [6, 6.07) is 6.55. The number of benzene rings is 1. The molecule has 2 heteroatoms. The van der Waals surface area contributed by atoms with E-state index in [1.54, 1.807) is 0 Å². The molecule has 0 bridgehead atoms. The fraction of sp³-hybridized carbons (Fsp3) is 0.250. The normalized spacial score (nSPS) is 9.10. The number of halogens is 1. The van der Waals surface area contributed by atoms with Crippen molar-refractivity contribution in [1.29, 1.82) is 0 Å². The molecule has 0 aliphatic heterocycles. The van der Waals surface area contributed by atoms with E-state index in [1.807, 2.05) is 0 Å². The van der Waals surface area contributed by atoms with E-state index in [1.165, 1.54) is 14.2 Å². The third-order valence-electron chi connectivity index (χ3n) is 1.73. The van der Waals surface area contributed by atoms with Gasteiger partial charge in [0.25, 0.3) is 0 Å². The molecule has 0 heterocycles. The summed E-state index contributed by atoms with van der Waals surface area (Å²) >= 11 is -1.13. The van der Waals surface area contributed by atoms with E-state index in [0.29, 0.717) is 0 Å². The van der Waals surface area contributed by atoms with Crippen LogP contribution in [-0.4, -0.2) is 0 Å². The van der Waals surface area contributed by atoms with Crippen LogP contribution in [0.3, 0.4) is 0 Å². The molecule has 1 aromatic rings. The summed E-state index contributed by atoms with van der Waals surface area (Å²) in [5.41, 5.74) is 2.74. The summed E-state index contributed by atoms with van der Waals surface area (Å²) < 4.78 is 1.42. The van der Waals surface area contributed by atoms with Crippen molar-refractivity contribution >= 4 is 11.3 Å². The van der Waals surface area contributed by atoms with Gasteiger partial charge in [0, 0.05) is 0 Å². The molecule has 0 spiro atoms. The maximum absolute atomic E-state index is 5.87. The molecule has 0 radical (unpaired) electrons. The van der Waals surface area contributed by atoms with Crippen LogP contribution < -0.4 is 3.07 Å². The average molecular weight is 341 g/mol. The predicted molar refractivity (Wildman–Crippen MR) is 41.4 cm³/mol. The zero-order valence-electron chi connectivity index (χ0n) is 6.32. The van der Waals surface area contributed by atoms with Crippen LogP contribution in [0.2, 0.25) is 0 Å². The third-order valence-corrected chi connectivity index (χ3v) is 7.34. The fourth-order valence-electron chi connectivity index (χ4n) is 0.887. The zero-order valence-corrected chi connectivity index (χ0v) is 12.6. The molecule has 0 amide bonds. The molecule has 0 N–H and O–H groups in total. The molecular weight excluding hydrogens is 332 g/mol. The Morgan fingerprint density at radius 3 is 2.40 bits per heavy atom. The Morgan fingerprint density at radius 2 is 1.90 bits per heavy atom. The first kappa shape index (κ1) is 8.54. The SMILES string of the molecule is Cc1cc[c]([Hg][Cl])cc1C.